The summed E-state index contributed by atoms with van der Waals surface area (Å²) < 4.78 is 4.77. The van der Waals surface area contributed by atoms with Crippen LogP contribution in [0.2, 0.25) is 0 Å². The van der Waals surface area contributed by atoms with E-state index < -0.39 is 11.8 Å². The molecule has 0 fully saturated rings. The van der Waals surface area contributed by atoms with Crippen molar-refractivity contribution < 1.29 is 24.2 Å². The van der Waals surface area contributed by atoms with Crippen LogP contribution in [0.1, 0.15) is 34.6 Å². The van der Waals surface area contributed by atoms with Gasteiger partial charge in [0.25, 0.3) is 0 Å². The summed E-state index contributed by atoms with van der Waals surface area (Å²) in [4.78, 5) is 29.7. The van der Waals surface area contributed by atoms with E-state index in [1.165, 1.54) is 0 Å². The fourth-order valence-electron chi connectivity index (χ4n) is 0.348. The Bertz CT molecular complexity index is 225. The molecule has 0 aliphatic heterocycles. The van der Waals surface area contributed by atoms with E-state index >= 15 is 0 Å². The summed E-state index contributed by atoms with van der Waals surface area (Å²) in [6.45, 7) is 8.79. The number of hydrogen-bond acceptors (Lipinski definition) is 4. The highest BCUT2D eigenvalue weighted by atomic mass is 16.5. The molecular formula is C10H18O5. The van der Waals surface area contributed by atoms with Gasteiger partial charge in [0, 0.05) is 6.92 Å². The number of Topliss-reactive ketones (excluding diaryl/α,β-unsaturated/α-hetero) is 1. The maximum Gasteiger partial charge on any atom is 0.371 e. The van der Waals surface area contributed by atoms with E-state index in [0.29, 0.717) is 6.61 Å². The van der Waals surface area contributed by atoms with E-state index in [2.05, 4.69) is 0 Å². The molecule has 0 aliphatic carbocycles. The summed E-state index contributed by atoms with van der Waals surface area (Å²) in [6, 6.07) is 0. The predicted molar refractivity (Wildman–Crippen MR) is 54.4 cm³/mol. The number of carboxylic acid groups (broad SMARTS) is 1. The zero-order chi connectivity index (χ0) is 12.6. The van der Waals surface area contributed by atoms with Crippen LogP contribution in [0.4, 0.5) is 0 Å². The third-order valence-electron chi connectivity index (χ3n) is 1.19. The van der Waals surface area contributed by atoms with Crippen LogP contribution < -0.4 is 0 Å². The lowest BCUT2D eigenvalue weighted by Gasteiger charge is -2.14. The molecular weight excluding hydrogens is 200 g/mol. The molecule has 15 heavy (non-hydrogen) atoms. The van der Waals surface area contributed by atoms with Crippen molar-refractivity contribution in [1.29, 1.82) is 0 Å². The Morgan fingerprint density at radius 1 is 1.20 bits per heavy atom. The minimum absolute atomic E-state index is 0.134. The van der Waals surface area contributed by atoms with Gasteiger partial charge in [0.1, 0.15) is 0 Å². The average molecular weight is 218 g/mol. The molecule has 1 N–H and O–H groups in total. The molecule has 0 amide bonds. The van der Waals surface area contributed by atoms with E-state index in [9.17, 15) is 14.4 Å². The van der Waals surface area contributed by atoms with E-state index in [1.807, 2.05) is 27.7 Å². The summed E-state index contributed by atoms with van der Waals surface area (Å²) in [6.07, 6.45) is 0. The van der Waals surface area contributed by atoms with Crippen LogP contribution >= 0.6 is 0 Å². The minimum atomic E-state index is -1.38. The van der Waals surface area contributed by atoms with Crippen molar-refractivity contribution in [3.8, 4) is 0 Å². The van der Waals surface area contributed by atoms with Crippen LogP contribution in [0.25, 0.3) is 0 Å². The molecule has 88 valence electrons. The molecule has 0 spiro atoms. The van der Waals surface area contributed by atoms with Crippen molar-refractivity contribution >= 4 is 17.7 Å². The van der Waals surface area contributed by atoms with Crippen LogP contribution in [-0.4, -0.2) is 29.4 Å². The maximum atomic E-state index is 10.8. The lowest BCUT2D eigenvalue weighted by Crippen LogP contribution is -2.22. The van der Waals surface area contributed by atoms with Crippen LogP contribution in [0.3, 0.4) is 0 Å². The zero-order valence-electron chi connectivity index (χ0n) is 9.79. The average Bonchev–Trinajstić information content (AvgIpc) is 2.03. The number of carbonyl (C=O) groups excluding carboxylic acids is 2. The maximum absolute atomic E-state index is 10.8. The van der Waals surface area contributed by atoms with Crippen molar-refractivity contribution in [2.75, 3.05) is 6.61 Å². The number of carbonyl (C=O) groups is 3. The zero-order valence-corrected chi connectivity index (χ0v) is 9.79. The second-order valence-electron chi connectivity index (χ2n) is 3.83. The minimum Gasteiger partial charge on any atom is -0.476 e. The van der Waals surface area contributed by atoms with Gasteiger partial charge in [-0.25, -0.2) is 4.79 Å². The Labute approximate surface area is 89.4 Å². The highest BCUT2D eigenvalue weighted by Crippen LogP contribution is 2.14. The summed E-state index contributed by atoms with van der Waals surface area (Å²) >= 11 is 0. The molecule has 0 rings (SSSR count). The fraction of sp³-hybridized carbons (Fsp3) is 0.700. The fourth-order valence-corrected chi connectivity index (χ4v) is 0.348. The highest BCUT2D eigenvalue weighted by molar-refractivity contribution is 6.31. The van der Waals surface area contributed by atoms with Gasteiger partial charge < -0.3 is 9.84 Å². The molecule has 0 radical (unpaired) electrons. The smallest absolute Gasteiger partial charge is 0.371 e. The predicted octanol–water partition coefficient (Wildman–Crippen LogP) is 1.26. The first-order chi connectivity index (χ1) is 6.62. The van der Waals surface area contributed by atoms with Gasteiger partial charge in [0.2, 0.25) is 5.78 Å². The number of ether oxygens (including phenoxy) is 1. The van der Waals surface area contributed by atoms with E-state index in [4.69, 9.17) is 9.84 Å². The topological polar surface area (TPSA) is 80.7 Å². The number of carboxylic acids is 1. The Kier molecular flexibility index (Phi) is 7.47. The SMILES string of the molecule is CC(=O)C(=O)O.CCOC(=O)C(C)(C)C. The number of rotatable bonds is 2. The highest BCUT2D eigenvalue weighted by Gasteiger charge is 2.21. The molecule has 0 atom stereocenters. The van der Waals surface area contributed by atoms with Crippen molar-refractivity contribution in [3.63, 3.8) is 0 Å². The molecule has 0 saturated heterocycles. The molecule has 5 heteroatoms. The van der Waals surface area contributed by atoms with Gasteiger partial charge >= 0.3 is 11.9 Å². The number of hydrogen-bond donors (Lipinski definition) is 1. The third-order valence-corrected chi connectivity index (χ3v) is 1.19. The first-order valence-corrected chi connectivity index (χ1v) is 4.54. The molecule has 0 heterocycles. The number of ketones is 1. The van der Waals surface area contributed by atoms with Gasteiger partial charge in [-0.1, -0.05) is 0 Å². The standard InChI is InChI=1S/C7H14O2.C3H4O3/c1-5-9-6(8)7(2,3)4;1-2(4)3(5)6/h5H2,1-4H3;1H3,(H,5,6). The summed E-state index contributed by atoms with van der Waals surface area (Å²) in [5.41, 5.74) is -0.351. The van der Waals surface area contributed by atoms with Crippen molar-refractivity contribution in [3.05, 3.63) is 0 Å². The monoisotopic (exact) mass is 218 g/mol. The van der Waals surface area contributed by atoms with E-state index in [0.717, 1.165) is 6.92 Å². The Morgan fingerprint density at radius 2 is 1.53 bits per heavy atom. The van der Waals surface area contributed by atoms with Crippen molar-refractivity contribution in [2.24, 2.45) is 5.41 Å². The lowest BCUT2D eigenvalue weighted by molar-refractivity contribution is -0.152. The number of aliphatic carboxylic acids is 1. The van der Waals surface area contributed by atoms with Crippen LogP contribution in [0.5, 0.6) is 0 Å². The first-order valence-electron chi connectivity index (χ1n) is 4.54. The largest absolute Gasteiger partial charge is 0.476 e. The summed E-state index contributed by atoms with van der Waals surface area (Å²) in [7, 11) is 0. The Morgan fingerprint density at radius 3 is 1.60 bits per heavy atom. The van der Waals surface area contributed by atoms with Crippen molar-refractivity contribution in [1.82, 2.24) is 0 Å². The van der Waals surface area contributed by atoms with Gasteiger partial charge in [0.15, 0.2) is 0 Å². The Balaban J connectivity index is 0. The molecule has 0 aromatic carbocycles. The first kappa shape index (κ1) is 16.1. The molecule has 0 bridgehead atoms. The van der Waals surface area contributed by atoms with Gasteiger partial charge in [-0.3, -0.25) is 9.59 Å². The summed E-state index contributed by atoms with van der Waals surface area (Å²) in [5.74, 6) is -2.34. The van der Waals surface area contributed by atoms with Gasteiger partial charge in [-0.2, -0.15) is 0 Å². The molecule has 5 nitrogen and oxygen atoms in total. The molecule has 0 aromatic rings. The van der Waals surface area contributed by atoms with Crippen LogP contribution in [-0.2, 0) is 19.1 Å². The van der Waals surface area contributed by atoms with Crippen LogP contribution in [0.15, 0.2) is 0 Å². The van der Waals surface area contributed by atoms with E-state index in [-0.39, 0.29) is 11.4 Å². The third kappa shape index (κ3) is 10.5. The van der Waals surface area contributed by atoms with Crippen LogP contribution in [0, 0.1) is 5.41 Å². The van der Waals surface area contributed by atoms with Gasteiger partial charge in [0.05, 0.1) is 12.0 Å². The molecule has 0 unspecified atom stereocenters. The van der Waals surface area contributed by atoms with Gasteiger partial charge in [-0.05, 0) is 27.7 Å². The summed E-state index contributed by atoms with van der Waals surface area (Å²) in [5, 5.41) is 7.64. The second kappa shape index (κ2) is 6.98. The van der Waals surface area contributed by atoms with E-state index in [1.54, 1.807) is 0 Å². The molecule has 0 aromatic heterocycles. The normalized spacial score (nSPS) is 9.67. The quantitative estimate of drug-likeness (QED) is 0.557. The van der Waals surface area contributed by atoms with Crippen molar-refractivity contribution in [2.45, 2.75) is 34.6 Å². The van der Waals surface area contributed by atoms with Gasteiger partial charge in [-0.15, -0.1) is 0 Å². The molecule has 0 saturated carbocycles. The number of esters is 1. The lowest BCUT2D eigenvalue weighted by atomic mass is 9.97. The molecule has 0 aliphatic rings. The Hall–Kier alpha value is -1.39. The second-order valence-corrected chi connectivity index (χ2v) is 3.83.